The average molecular weight is 770 g/mol. The van der Waals surface area contributed by atoms with Crippen LogP contribution in [0.15, 0.2) is 176 Å². The van der Waals surface area contributed by atoms with Gasteiger partial charge in [-0.1, -0.05) is 174 Å². The van der Waals surface area contributed by atoms with E-state index in [-0.39, 0.29) is 5.41 Å². The fourth-order valence-corrected chi connectivity index (χ4v) is 8.44. The van der Waals surface area contributed by atoms with E-state index in [9.17, 15) is 0 Å². The van der Waals surface area contributed by atoms with Gasteiger partial charge in [-0.3, -0.25) is 0 Å². The van der Waals surface area contributed by atoms with Crippen LogP contribution in [0.4, 0.5) is 5.69 Å². The SMILES string of the molecule is CN1/C(=C/C=C(c2n[n+]3c(-c4ccccc4)cc(-c4ccccc4)nc3n2C)c2n[n+]3c(-c4ccccc4)cc(-c4ccccc4)nc3n2C)C(C)(C)c2ccccc21. The highest BCUT2D eigenvalue weighted by Gasteiger charge is 2.38. The standard InChI is InChI=1S/C50H43N9/c1-50(2)39-28-18-19-29-42(39)55(3)45(50)31-30-38(46-53-58-43(36-24-14-8-15-25-36)32-40(51-48(58)56(46)4)34-20-10-6-11-21-34)47-54-59-44(37-26-16-9-17-27-37)33-41(52-49(59)57(47)5)35-22-12-7-13-23-35/h6-33H,1-5H3/q+2/b45-31+. The summed E-state index contributed by atoms with van der Waals surface area (Å²) in [5.41, 5.74) is 12.0. The highest BCUT2D eigenvalue weighted by atomic mass is 15.4. The summed E-state index contributed by atoms with van der Waals surface area (Å²) in [6.45, 7) is 4.57. The molecular formula is C50H43N9+2. The third-order valence-corrected chi connectivity index (χ3v) is 11.6. The Balaban J connectivity index is 1.26. The minimum Gasteiger partial charge on any atom is -0.347 e. The molecule has 0 atom stereocenters. The van der Waals surface area contributed by atoms with E-state index in [1.165, 1.54) is 11.3 Å². The van der Waals surface area contributed by atoms with Crippen molar-refractivity contribution in [3.05, 3.63) is 193 Å². The number of nitrogens with zero attached hydrogens (tertiary/aromatic N) is 9. The Labute approximate surface area is 343 Å². The van der Waals surface area contributed by atoms with Gasteiger partial charge in [-0.2, -0.15) is 0 Å². The van der Waals surface area contributed by atoms with Crippen molar-refractivity contribution in [1.29, 1.82) is 0 Å². The van der Waals surface area contributed by atoms with Crippen LogP contribution in [0.2, 0.25) is 0 Å². The monoisotopic (exact) mass is 769 g/mol. The molecule has 9 heteroatoms. The van der Waals surface area contributed by atoms with E-state index >= 15 is 0 Å². The van der Waals surface area contributed by atoms with Gasteiger partial charge in [0.05, 0.1) is 19.7 Å². The summed E-state index contributed by atoms with van der Waals surface area (Å²) in [5, 5.41) is 10.8. The number of hydrogen-bond donors (Lipinski definition) is 0. The number of likely N-dealkylation sites (N-methyl/N-ethyl adjacent to an activating group) is 1. The molecule has 9 aromatic rings. The zero-order valence-corrected chi connectivity index (χ0v) is 33.7. The van der Waals surface area contributed by atoms with Gasteiger partial charge in [0.2, 0.25) is 11.6 Å². The maximum absolute atomic E-state index is 5.42. The molecule has 0 unspecified atom stereocenters. The summed E-state index contributed by atoms with van der Waals surface area (Å²) in [6.07, 6.45) is 4.40. The van der Waals surface area contributed by atoms with E-state index in [0.717, 1.165) is 56.3 Å². The van der Waals surface area contributed by atoms with Crippen molar-refractivity contribution in [3.63, 3.8) is 0 Å². The average Bonchev–Trinajstić information content (AvgIpc) is 3.86. The van der Waals surface area contributed by atoms with Crippen LogP contribution < -0.4 is 13.9 Å². The molecule has 0 amide bonds. The Hall–Kier alpha value is -7.52. The van der Waals surface area contributed by atoms with Crippen LogP contribution in [-0.2, 0) is 19.5 Å². The molecule has 0 radical (unpaired) electrons. The maximum Gasteiger partial charge on any atom is 0.425 e. The predicted octanol–water partition coefficient (Wildman–Crippen LogP) is 8.83. The Kier molecular flexibility index (Phi) is 8.60. The third kappa shape index (κ3) is 6.01. The number of hydrogen-bond acceptors (Lipinski definition) is 5. The van der Waals surface area contributed by atoms with E-state index in [4.69, 9.17) is 20.2 Å². The highest BCUT2D eigenvalue weighted by Crippen LogP contribution is 2.46. The molecule has 0 spiro atoms. The number of aryl methyl sites for hydroxylation is 2. The molecule has 5 heterocycles. The van der Waals surface area contributed by atoms with Crippen molar-refractivity contribution in [2.24, 2.45) is 14.1 Å². The molecule has 1 aliphatic heterocycles. The molecule has 5 aromatic carbocycles. The Morgan fingerprint density at radius 3 is 1.37 bits per heavy atom. The first-order valence-corrected chi connectivity index (χ1v) is 19.9. The summed E-state index contributed by atoms with van der Waals surface area (Å²) in [4.78, 5) is 12.8. The molecular weight excluding hydrogens is 727 g/mol. The van der Waals surface area contributed by atoms with Gasteiger partial charge in [0.25, 0.3) is 0 Å². The zero-order valence-electron chi connectivity index (χ0n) is 33.7. The lowest BCUT2D eigenvalue weighted by Crippen LogP contribution is -2.29. The molecule has 0 fully saturated rings. The first-order chi connectivity index (χ1) is 28.8. The zero-order chi connectivity index (χ0) is 40.3. The summed E-state index contributed by atoms with van der Waals surface area (Å²) < 4.78 is 8.06. The van der Waals surface area contributed by atoms with Gasteiger partial charge in [-0.05, 0) is 23.8 Å². The van der Waals surface area contributed by atoms with Gasteiger partial charge in [0.1, 0.15) is 11.4 Å². The number of rotatable bonds is 7. The largest absolute Gasteiger partial charge is 0.425 e. The van der Waals surface area contributed by atoms with Crippen LogP contribution in [0.5, 0.6) is 0 Å². The van der Waals surface area contributed by atoms with Gasteiger partial charge in [-0.25, -0.2) is 9.13 Å². The molecule has 4 aromatic heterocycles. The Morgan fingerprint density at radius 1 is 0.525 bits per heavy atom. The van der Waals surface area contributed by atoms with Crippen LogP contribution in [0, 0.1) is 0 Å². The molecule has 0 saturated carbocycles. The molecule has 0 aliphatic carbocycles. The first-order valence-electron chi connectivity index (χ1n) is 19.9. The van der Waals surface area contributed by atoms with Crippen LogP contribution >= 0.6 is 0 Å². The number of benzene rings is 5. The van der Waals surface area contributed by atoms with Crippen molar-refractivity contribution < 1.29 is 9.03 Å². The van der Waals surface area contributed by atoms with Crippen molar-refractivity contribution >= 4 is 22.8 Å². The quantitative estimate of drug-likeness (QED) is 0.152. The number of aromatic nitrogens is 8. The maximum atomic E-state index is 5.42. The Bertz CT molecular complexity index is 2920. The van der Waals surface area contributed by atoms with Crippen molar-refractivity contribution in [2.75, 3.05) is 11.9 Å². The van der Waals surface area contributed by atoms with Crippen LogP contribution in [0.3, 0.4) is 0 Å². The van der Waals surface area contributed by atoms with Gasteiger partial charge in [-0.15, -0.1) is 9.03 Å². The molecule has 286 valence electrons. The van der Waals surface area contributed by atoms with E-state index in [1.54, 1.807) is 0 Å². The molecule has 1 aliphatic rings. The lowest BCUT2D eigenvalue weighted by atomic mass is 9.83. The predicted molar refractivity (Wildman–Crippen MR) is 233 cm³/mol. The molecule has 0 N–H and O–H groups in total. The minimum absolute atomic E-state index is 0.242. The fourth-order valence-electron chi connectivity index (χ4n) is 8.44. The van der Waals surface area contributed by atoms with Gasteiger partial charge >= 0.3 is 11.6 Å². The third-order valence-electron chi connectivity index (χ3n) is 11.6. The second-order valence-corrected chi connectivity index (χ2v) is 15.5. The normalized spacial score (nSPS) is 14.0. The van der Waals surface area contributed by atoms with Gasteiger partial charge < -0.3 is 4.90 Å². The Morgan fingerprint density at radius 2 is 0.932 bits per heavy atom. The number of allylic oxidation sites excluding steroid dienone is 3. The number of para-hydroxylation sites is 1. The van der Waals surface area contributed by atoms with Crippen molar-refractivity contribution in [3.8, 4) is 45.0 Å². The lowest BCUT2D eigenvalue weighted by Gasteiger charge is -2.23. The lowest BCUT2D eigenvalue weighted by molar-refractivity contribution is -0.569. The number of anilines is 1. The summed E-state index contributed by atoms with van der Waals surface area (Å²) in [7, 11) is 6.21. The number of fused-ring (bicyclic) bond motifs is 3. The summed E-state index contributed by atoms with van der Waals surface area (Å²) >= 11 is 0. The second kappa shape index (κ2) is 14.1. The van der Waals surface area contributed by atoms with E-state index in [1.807, 2.05) is 71.7 Å². The second-order valence-electron chi connectivity index (χ2n) is 15.5. The van der Waals surface area contributed by atoms with Gasteiger partial charge in [0, 0.05) is 58.2 Å². The smallest absolute Gasteiger partial charge is 0.347 e. The van der Waals surface area contributed by atoms with E-state index < -0.39 is 0 Å². The van der Waals surface area contributed by atoms with Crippen LogP contribution in [0.1, 0.15) is 31.1 Å². The van der Waals surface area contributed by atoms with Crippen LogP contribution in [0.25, 0.3) is 62.2 Å². The molecule has 9 nitrogen and oxygen atoms in total. The first kappa shape index (κ1) is 35.9. The van der Waals surface area contributed by atoms with Crippen LogP contribution in [-0.4, -0.2) is 36.3 Å². The molecule has 10 rings (SSSR count). The van der Waals surface area contributed by atoms with Crippen molar-refractivity contribution in [1.82, 2.24) is 29.3 Å². The molecule has 59 heavy (non-hydrogen) atoms. The molecule has 0 saturated heterocycles. The van der Waals surface area contributed by atoms with E-state index in [2.05, 4.69) is 156 Å². The van der Waals surface area contributed by atoms with E-state index in [0.29, 0.717) is 23.2 Å². The topological polar surface area (TPSA) is 72.9 Å². The fraction of sp³-hybridized carbons (Fsp3) is 0.120. The summed E-state index contributed by atoms with van der Waals surface area (Å²) in [6, 6.07) is 54.3. The minimum atomic E-state index is -0.242. The summed E-state index contributed by atoms with van der Waals surface area (Å²) in [5.74, 6) is 2.81. The van der Waals surface area contributed by atoms with Gasteiger partial charge in [0.15, 0.2) is 11.4 Å². The highest BCUT2D eigenvalue weighted by molar-refractivity contribution is 5.78. The van der Waals surface area contributed by atoms with Crippen molar-refractivity contribution in [2.45, 2.75) is 19.3 Å². The molecule has 0 bridgehead atoms.